The molecule has 0 saturated carbocycles. The smallest absolute Gasteiger partial charge is 0.273 e. The molecule has 10 heteroatoms. The predicted molar refractivity (Wildman–Crippen MR) is 69.7 cm³/mol. The molecule has 2 rings (SSSR count). The number of sulfonamides is 1. The second-order valence-electron chi connectivity index (χ2n) is 4.40. The fourth-order valence-corrected chi connectivity index (χ4v) is 3.59. The van der Waals surface area contributed by atoms with E-state index in [2.05, 4.69) is 0 Å². The number of hydrogen-bond acceptors (Lipinski definition) is 6. The highest BCUT2D eigenvalue weighted by atomic mass is 32.2. The highest BCUT2D eigenvalue weighted by molar-refractivity contribution is 7.89. The first-order valence-electron chi connectivity index (χ1n) is 5.80. The van der Waals surface area contributed by atoms with E-state index in [-0.39, 0.29) is 16.1 Å². The van der Waals surface area contributed by atoms with Crippen molar-refractivity contribution in [3.05, 3.63) is 33.9 Å². The fourth-order valence-electron chi connectivity index (χ4n) is 2.00. The molecule has 0 bridgehead atoms. The number of amides is 2. The first-order valence-corrected chi connectivity index (χ1v) is 7.24. The molecule has 2 amide bonds. The van der Waals surface area contributed by atoms with Crippen LogP contribution >= 0.6 is 0 Å². The van der Waals surface area contributed by atoms with Gasteiger partial charge >= 0.3 is 0 Å². The molecule has 0 aromatic heterocycles. The molecule has 21 heavy (non-hydrogen) atoms. The molecule has 0 spiro atoms. The Bertz CT molecular complexity index is 726. The van der Waals surface area contributed by atoms with Crippen molar-refractivity contribution in [2.45, 2.75) is 11.8 Å². The Morgan fingerprint density at radius 2 is 1.81 bits per heavy atom. The van der Waals surface area contributed by atoms with Crippen LogP contribution in [0.5, 0.6) is 0 Å². The van der Waals surface area contributed by atoms with Crippen LogP contribution < -0.4 is 5.32 Å². The molecule has 1 aliphatic heterocycles. The molecule has 0 aliphatic carbocycles. The standard InChI is InChI=1S/C11H11N3O6S/c1-7-8(14(17)18)3-2-4-9(7)21(19,20)13-5-10(15)12-11(16)6-13/h2-4H,5-6H2,1H3,(H,12,15,16). The highest BCUT2D eigenvalue weighted by Crippen LogP contribution is 2.27. The van der Waals surface area contributed by atoms with Gasteiger partial charge in [0.15, 0.2) is 0 Å². The quantitative estimate of drug-likeness (QED) is 0.457. The highest BCUT2D eigenvalue weighted by Gasteiger charge is 2.35. The van der Waals surface area contributed by atoms with Gasteiger partial charge in [0.1, 0.15) is 0 Å². The monoisotopic (exact) mass is 313 g/mol. The zero-order valence-corrected chi connectivity index (χ0v) is 11.7. The number of benzene rings is 1. The average Bonchev–Trinajstić information content (AvgIpc) is 2.37. The van der Waals surface area contributed by atoms with Crippen molar-refractivity contribution in [1.29, 1.82) is 0 Å². The Morgan fingerprint density at radius 3 is 2.33 bits per heavy atom. The average molecular weight is 313 g/mol. The van der Waals surface area contributed by atoms with Crippen molar-refractivity contribution < 1.29 is 22.9 Å². The van der Waals surface area contributed by atoms with Gasteiger partial charge in [-0.2, -0.15) is 4.31 Å². The molecule has 1 N–H and O–H groups in total. The number of piperazine rings is 1. The maximum atomic E-state index is 12.4. The van der Waals surface area contributed by atoms with Crippen LogP contribution in [-0.2, 0) is 19.6 Å². The number of nitrogens with zero attached hydrogens (tertiary/aromatic N) is 2. The van der Waals surface area contributed by atoms with Gasteiger partial charge in [-0.25, -0.2) is 8.42 Å². The summed E-state index contributed by atoms with van der Waals surface area (Å²) >= 11 is 0. The van der Waals surface area contributed by atoms with Crippen LogP contribution in [0.15, 0.2) is 23.1 Å². The maximum absolute atomic E-state index is 12.4. The van der Waals surface area contributed by atoms with E-state index in [4.69, 9.17) is 0 Å². The summed E-state index contributed by atoms with van der Waals surface area (Å²) in [6.07, 6.45) is 0. The molecule has 1 saturated heterocycles. The van der Waals surface area contributed by atoms with E-state index in [1.165, 1.54) is 25.1 Å². The minimum atomic E-state index is -4.17. The van der Waals surface area contributed by atoms with Gasteiger partial charge in [-0.1, -0.05) is 6.07 Å². The molecule has 1 heterocycles. The van der Waals surface area contributed by atoms with Crippen molar-refractivity contribution in [2.24, 2.45) is 0 Å². The maximum Gasteiger partial charge on any atom is 0.273 e. The van der Waals surface area contributed by atoms with Gasteiger partial charge < -0.3 is 0 Å². The van der Waals surface area contributed by atoms with Crippen molar-refractivity contribution in [3.8, 4) is 0 Å². The van der Waals surface area contributed by atoms with Crippen LogP contribution in [0.25, 0.3) is 0 Å². The van der Waals surface area contributed by atoms with Gasteiger partial charge in [-0.3, -0.25) is 25.0 Å². The minimum absolute atomic E-state index is 0.0408. The zero-order valence-electron chi connectivity index (χ0n) is 10.9. The summed E-state index contributed by atoms with van der Waals surface area (Å²) in [5.41, 5.74) is -0.384. The molecule has 0 unspecified atom stereocenters. The summed E-state index contributed by atoms with van der Waals surface area (Å²) < 4.78 is 25.6. The van der Waals surface area contributed by atoms with E-state index in [9.17, 15) is 28.1 Å². The van der Waals surface area contributed by atoms with E-state index in [1.54, 1.807) is 0 Å². The van der Waals surface area contributed by atoms with Crippen molar-refractivity contribution in [2.75, 3.05) is 13.1 Å². The number of nitrogens with one attached hydrogen (secondary N) is 1. The van der Waals surface area contributed by atoms with E-state index >= 15 is 0 Å². The second-order valence-corrected chi connectivity index (χ2v) is 6.31. The lowest BCUT2D eigenvalue weighted by atomic mass is 10.2. The Balaban J connectivity index is 2.50. The second kappa shape index (κ2) is 5.22. The van der Waals surface area contributed by atoms with Gasteiger partial charge in [-0.05, 0) is 13.0 Å². The van der Waals surface area contributed by atoms with Crippen molar-refractivity contribution in [1.82, 2.24) is 9.62 Å². The molecule has 1 fully saturated rings. The SMILES string of the molecule is Cc1c([N+](=O)[O-])cccc1S(=O)(=O)N1CC(=O)NC(=O)C1. The normalized spacial score (nSPS) is 16.6. The van der Waals surface area contributed by atoms with Gasteiger partial charge in [-0.15, -0.1) is 0 Å². The van der Waals surface area contributed by atoms with Gasteiger partial charge in [0.05, 0.1) is 22.9 Å². The molecule has 112 valence electrons. The summed E-state index contributed by atoms with van der Waals surface area (Å²) in [5.74, 6) is -1.48. The first-order chi connectivity index (χ1) is 9.73. The largest absolute Gasteiger partial charge is 0.294 e. The summed E-state index contributed by atoms with van der Waals surface area (Å²) in [4.78, 5) is 32.4. The predicted octanol–water partition coefficient (Wildman–Crippen LogP) is -0.450. The van der Waals surface area contributed by atoms with Crippen molar-refractivity contribution >= 4 is 27.5 Å². The van der Waals surface area contributed by atoms with Crippen LogP contribution in [0, 0.1) is 17.0 Å². The topological polar surface area (TPSA) is 127 Å². The minimum Gasteiger partial charge on any atom is -0.294 e. The molecule has 0 atom stereocenters. The third-order valence-electron chi connectivity index (χ3n) is 2.99. The number of nitro groups is 1. The number of imide groups is 1. The molecule has 1 aromatic rings. The zero-order chi connectivity index (χ0) is 15.8. The van der Waals surface area contributed by atoms with Crippen LogP contribution in [0.3, 0.4) is 0 Å². The molecule has 1 aliphatic rings. The first kappa shape index (κ1) is 15.1. The summed E-state index contributed by atoms with van der Waals surface area (Å²) in [6.45, 7) is 0.295. The molecule has 1 aromatic carbocycles. The van der Waals surface area contributed by atoms with Crippen LogP contribution in [0.2, 0.25) is 0 Å². The third kappa shape index (κ3) is 2.76. The molecule has 9 nitrogen and oxygen atoms in total. The van der Waals surface area contributed by atoms with E-state index in [1.807, 2.05) is 5.32 Å². The van der Waals surface area contributed by atoms with Crippen molar-refractivity contribution in [3.63, 3.8) is 0 Å². The Hall–Kier alpha value is -2.33. The van der Waals surface area contributed by atoms with Gasteiger partial charge in [0, 0.05) is 11.6 Å². The summed E-state index contributed by atoms with van der Waals surface area (Å²) in [5, 5.41) is 12.8. The number of carbonyl (C=O) groups excluding carboxylic acids is 2. The van der Waals surface area contributed by atoms with Gasteiger partial charge in [0.2, 0.25) is 21.8 Å². The van der Waals surface area contributed by atoms with E-state index in [0.29, 0.717) is 4.31 Å². The van der Waals surface area contributed by atoms with E-state index < -0.39 is 39.9 Å². The van der Waals surface area contributed by atoms with E-state index in [0.717, 1.165) is 0 Å². The van der Waals surface area contributed by atoms with Crippen LogP contribution in [0.4, 0.5) is 5.69 Å². The number of carbonyl (C=O) groups is 2. The lowest BCUT2D eigenvalue weighted by Crippen LogP contribution is -2.53. The Kier molecular flexibility index (Phi) is 3.75. The van der Waals surface area contributed by atoms with Crippen LogP contribution in [-0.4, -0.2) is 42.6 Å². The summed E-state index contributed by atoms with van der Waals surface area (Å²) in [7, 11) is -4.17. The third-order valence-corrected chi connectivity index (χ3v) is 4.92. The number of rotatable bonds is 3. The summed E-state index contributed by atoms with van der Waals surface area (Å²) in [6, 6.07) is 3.63. The fraction of sp³-hybridized carbons (Fsp3) is 0.273. The number of hydrogen-bond donors (Lipinski definition) is 1. The Morgan fingerprint density at radius 1 is 1.24 bits per heavy atom. The Labute approximate surface area is 119 Å². The number of nitro benzene ring substituents is 1. The molecular formula is C11H11N3O6S. The molecule has 0 radical (unpaired) electrons. The molecular weight excluding hydrogens is 302 g/mol. The lowest BCUT2D eigenvalue weighted by molar-refractivity contribution is -0.385. The lowest BCUT2D eigenvalue weighted by Gasteiger charge is -2.25. The van der Waals surface area contributed by atoms with Gasteiger partial charge in [0.25, 0.3) is 5.69 Å². The van der Waals surface area contributed by atoms with Crippen LogP contribution in [0.1, 0.15) is 5.56 Å².